The van der Waals surface area contributed by atoms with Crippen molar-refractivity contribution in [1.29, 1.82) is 0 Å². The van der Waals surface area contributed by atoms with Crippen LogP contribution in [-0.2, 0) is 6.54 Å². The van der Waals surface area contributed by atoms with E-state index >= 15 is 0 Å². The van der Waals surface area contributed by atoms with Crippen molar-refractivity contribution < 1.29 is 15.1 Å². The lowest BCUT2D eigenvalue weighted by Gasteiger charge is -2.27. The zero-order valence-corrected chi connectivity index (χ0v) is 11.1. The zero-order chi connectivity index (χ0) is 15.1. The van der Waals surface area contributed by atoms with E-state index in [1.807, 2.05) is 0 Å². The molecule has 0 radical (unpaired) electrons. The van der Waals surface area contributed by atoms with Gasteiger partial charge in [0.05, 0.1) is 17.2 Å². The monoisotopic (exact) mass is 288 g/mol. The van der Waals surface area contributed by atoms with Gasteiger partial charge in [-0.05, 0) is 13.0 Å². The summed E-state index contributed by atoms with van der Waals surface area (Å²) in [5.41, 5.74) is 1.69. The number of fused-ring (bicyclic) bond motifs is 1. The Morgan fingerprint density at radius 3 is 2.76 bits per heavy atom. The summed E-state index contributed by atoms with van der Waals surface area (Å²) >= 11 is 0. The normalized spacial score (nSPS) is 13.8. The number of aromatic amines is 1. The molecule has 1 aliphatic rings. The number of rotatable bonds is 2. The number of aromatic hydroxyl groups is 2. The number of non-ortho nitro benzene ring substituents is 1. The number of hydrogen-bond acceptors (Lipinski definition) is 6. The SMILES string of the molecule is CC1=Nc2ccc([N+](=O)[O-])cc2CN1c1cc(O)[nH]c1O. The number of aliphatic imine (C=N–C) groups is 1. The predicted octanol–water partition coefficient (Wildman–Crippen LogP) is 2.40. The lowest BCUT2D eigenvalue weighted by atomic mass is 10.1. The molecule has 1 aromatic heterocycles. The minimum atomic E-state index is -0.463. The average molecular weight is 288 g/mol. The van der Waals surface area contributed by atoms with E-state index in [9.17, 15) is 20.3 Å². The van der Waals surface area contributed by atoms with Gasteiger partial charge in [-0.2, -0.15) is 0 Å². The van der Waals surface area contributed by atoms with E-state index in [1.54, 1.807) is 17.9 Å². The molecule has 0 amide bonds. The fourth-order valence-corrected chi connectivity index (χ4v) is 2.33. The molecule has 0 saturated carbocycles. The largest absolute Gasteiger partial charge is 0.494 e. The van der Waals surface area contributed by atoms with Crippen LogP contribution in [0.1, 0.15) is 12.5 Å². The van der Waals surface area contributed by atoms with Gasteiger partial charge in [0.1, 0.15) is 11.5 Å². The third-order valence-electron chi connectivity index (χ3n) is 3.33. The van der Waals surface area contributed by atoms with Gasteiger partial charge in [0, 0.05) is 23.8 Å². The van der Waals surface area contributed by atoms with Crippen molar-refractivity contribution in [2.75, 3.05) is 4.90 Å². The summed E-state index contributed by atoms with van der Waals surface area (Å²) in [6.07, 6.45) is 0. The molecule has 0 atom stereocenters. The smallest absolute Gasteiger partial charge is 0.269 e. The van der Waals surface area contributed by atoms with Gasteiger partial charge in [0.25, 0.3) is 5.69 Å². The summed E-state index contributed by atoms with van der Waals surface area (Å²) in [6.45, 7) is 2.07. The Morgan fingerprint density at radius 1 is 1.38 bits per heavy atom. The minimum absolute atomic E-state index is 0.00964. The standard InChI is InChI=1S/C13H12N4O4/c1-7-14-10-3-2-9(17(20)21)4-8(10)6-16(7)11-5-12(18)15-13(11)19/h2-5,15,18-19H,6H2,1H3. The molecule has 1 aliphatic heterocycles. The molecule has 2 heterocycles. The average Bonchev–Trinajstić information content (AvgIpc) is 2.76. The first kappa shape index (κ1) is 13.0. The Hall–Kier alpha value is -3.03. The van der Waals surface area contributed by atoms with Crippen LogP contribution < -0.4 is 4.90 Å². The van der Waals surface area contributed by atoms with E-state index in [0.29, 0.717) is 29.3 Å². The van der Waals surface area contributed by atoms with E-state index in [-0.39, 0.29) is 17.4 Å². The van der Waals surface area contributed by atoms with Crippen molar-refractivity contribution in [1.82, 2.24) is 4.98 Å². The van der Waals surface area contributed by atoms with Crippen molar-refractivity contribution in [2.45, 2.75) is 13.5 Å². The summed E-state index contributed by atoms with van der Waals surface area (Å²) in [4.78, 5) is 18.8. The van der Waals surface area contributed by atoms with Crippen molar-refractivity contribution in [2.24, 2.45) is 4.99 Å². The van der Waals surface area contributed by atoms with Crippen LogP contribution in [0.3, 0.4) is 0 Å². The van der Waals surface area contributed by atoms with Crippen LogP contribution in [-0.4, -0.2) is 26.0 Å². The minimum Gasteiger partial charge on any atom is -0.494 e. The van der Waals surface area contributed by atoms with E-state index in [2.05, 4.69) is 9.98 Å². The Kier molecular flexibility index (Phi) is 2.79. The van der Waals surface area contributed by atoms with Crippen LogP contribution in [0, 0.1) is 10.1 Å². The van der Waals surface area contributed by atoms with Gasteiger partial charge >= 0.3 is 0 Å². The molecule has 108 valence electrons. The molecule has 2 aromatic rings. The van der Waals surface area contributed by atoms with Gasteiger partial charge in [-0.1, -0.05) is 0 Å². The van der Waals surface area contributed by atoms with Crippen molar-refractivity contribution >= 4 is 22.9 Å². The molecule has 3 rings (SSSR count). The number of amidine groups is 1. The summed E-state index contributed by atoms with van der Waals surface area (Å²) in [5.74, 6) is 0.265. The van der Waals surface area contributed by atoms with Crippen LogP contribution >= 0.6 is 0 Å². The fraction of sp³-hybridized carbons (Fsp3) is 0.154. The maximum atomic E-state index is 10.8. The van der Waals surface area contributed by atoms with Gasteiger partial charge in [-0.15, -0.1) is 0 Å². The Bertz CT molecular complexity index is 766. The highest BCUT2D eigenvalue weighted by Gasteiger charge is 2.23. The highest BCUT2D eigenvalue weighted by atomic mass is 16.6. The quantitative estimate of drug-likeness (QED) is 0.579. The number of nitro groups is 1. The van der Waals surface area contributed by atoms with Gasteiger partial charge in [-0.3, -0.25) is 15.1 Å². The molecule has 0 spiro atoms. The van der Waals surface area contributed by atoms with Gasteiger partial charge in [-0.25, -0.2) is 4.99 Å². The van der Waals surface area contributed by atoms with Crippen LogP contribution in [0.15, 0.2) is 29.3 Å². The molecule has 3 N–H and O–H groups in total. The first-order valence-electron chi connectivity index (χ1n) is 6.17. The fourth-order valence-electron chi connectivity index (χ4n) is 2.33. The van der Waals surface area contributed by atoms with E-state index < -0.39 is 4.92 Å². The van der Waals surface area contributed by atoms with Crippen molar-refractivity contribution in [3.8, 4) is 11.8 Å². The number of hydrogen-bond donors (Lipinski definition) is 3. The van der Waals surface area contributed by atoms with Crippen LogP contribution in [0.2, 0.25) is 0 Å². The molecular formula is C13H12N4O4. The van der Waals surface area contributed by atoms with Crippen LogP contribution in [0.5, 0.6) is 11.8 Å². The summed E-state index contributed by atoms with van der Waals surface area (Å²) in [6, 6.07) is 5.84. The highest BCUT2D eigenvalue weighted by molar-refractivity contribution is 6.00. The molecule has 0 unspecified atom stereocenters. The Morgan fingerprint density at radius 2 is 2.14 bits per heavy atom. The van der Waals surface area contributed by atoms with Gasteiger partial charge in [0.2, 0.25) is 5.88 Å². The molecule has 8 heteroatoms. The Balaban J connectivity index is 2.04. The molecular weight excluding hydrogens is 276 g/mol. The number of nitro benzene ring substituents is 1. The second-order valence-corrected chi connectivity index (χ2v) is 4.70. The van der Waals surface area contributed by atoms with E-state index in [1.165, 1.54) is 18.2 Å². The third-order valence-corrected chi connectivity index (χ3v) is 3.33. The van der Waals surface area contributed by atoms with Gasteiger partial charge in [0.15, 0.2) is 5.88 Å². The first-order valence-corrected chi connectivity index (χ1v) is 6.17. The van der Waals surface area contributed by atoms with Crippen molar-refractivity contribution in [3.05, 3.63) is 39.9 Å². The molecule has 0 fully saturated rings. The third kappa shape index (κ3) is 2.16. The summed E-state index contributed by atoms with van der Waals surface area (Å²) in [7, 11) is 0. The number of nitrogens with one attached hydrogen (secondary N) is 1. The predicted molar refractivity (Wildman–Crippen MR) is 76.2 cm³/mol. The maximum Gasteiger partial charge on any atom is 0.269 e. The molecule has 0 aliphatic carbocycles. The molecule has 1 aromatic carbocycles. The molecule has 0 bridgehead atoms. The summed E-state index contributed by atoms with van der Waals surface area (Å²) < 4.78 is 0. The Labute approximate surface area is 119 Å². The second-order valence-electron chi connectivity index (χ2n) is 4.70. The molecule has 8 nitrogen and oxygen atoms in total. The maximum absolute atomic E-state index is 10.8. The second kappa shape index (κ2) is 4.51. The lowest BCUT2D eigenvalue weighted by molar-refractivity contribution is -0.384. The number of aromatic nitrogens is 1. The van der Waals surface area contributed by atoms with E-state index in [4.69, 9.17) is 0 Å². The topological polar surface area (TPSA) is 115 Å². The van der Waals surface area contributed by atoms with Crippen molar-refractivity contribution in [3.63, 3.8) is 0 Å². The van der Waals surface area contributed by atoms with Crippen LogP contribution in [0.25, 0.3) is 0 Å². The number of benzene rings is 1. The number of anilines is 1. The number of H-pyrrole nitrogens is 1. The molecule has 21 heavy (non-hydrogen) atoms. The zero-order valence-electron chi connectivity index (χ0n) is 11.1. The molecule has 0 saturated heterocycles. The number of nitrogens with zero attached hydrogens (tertiary/aromatic N) is 3. The van der Waals surface area contributed by atoms with Crippen LogP contribution in [0.4, 0.5) is 17.1 Å². The highest BCUT2D eigenvalue weighted by Crippen LogP contribution is 2.37. The lowest BCUT2D eigenvalue weighted by Crippen LogP contribution is -2.30. The van der Waals surface area contributed by atoms with Gasteiger partial charge < -0.3 is 15.1 Å². The van der Waals surface area contributed by atoms with E-state index in [0.717, 1.165) is 0 Å². The summed E-state index contributed by atoms with van der Waals surface area (Å²) in [5, 5.41) is 30.0. The first-order chi connectivity index (χ1) is 9.95.